The fraction of sp³-hybridized carbons (Fsp3) is 0.417. The van der Waals surface area contributed by atoms with Gasteiger partial charge >= 0.3 is 0 Å². The van der Waals surface area contributed by atoms with Crippen molar-refractivity contribution in [3.63, 3.8) is 0 Å². The first-order chi connectivity index (χ1) is 13.7. The Balaban J connectivity index is 1.42. The first kappa shape index (κ1) is 18.7. The van der Waals surface area contributed by atoms with Gasteiger partial charge < -0.3 is 9.80 Å². The van der Waals surface area contributed by atoms with E-state index in [1.807, 2.05) is 46.2 Å². The number of benzene rings is 2. The van der Waals surface area contributed by atoms with Crippen molar-refractivity contribution < 1.29 is 9.59 Å². The second-order valence-electron chi connectivity index (χ2n) is 8.04. The van der Waals surface area contributed by atoms with E-state index in [4.69, 9.17) is 0 Å². The molecule has 1 heterocycles. The fourth-order valence-electron chi connectivity index (χ4n) is 4.01. The molecule has 4 nitrogen and oxygen atoms in total. The van der Waals surface area contributed by atoms with Gasteiger partial charge in [0.05, 0.1) is 0 Å². The molecule has 0 unspecified atom stereocenters. The molecule has 0 N–H and O–H groups in total. The molecule has 4 rings (SSSR count). The van der Waals surface area contributed by atoms with Crippen molar-refractivity contribution in [2.45, 2.75) is 38.8 Å². The molecule has 2 fully saturated rings. The molecular formula is C24H28N2O2. The molecule has 0 atom stereocenters. The van der Waals surface area contributed by atoms with E-state index in [0.29, 0.717) is 19.0 Å². The number of hydrogen-bond acceptors (Lipinski definition) is 2. The molecule has 1 aliphatic carbocycles. The van der Waals surface area contributed by atoms with Crippen molar-refractivity contribution in [1.29, 1.82) is 0 Å². The zero-order valence-electron chi connectivity index (χ0n) is 16.3. The lowest BCUT2D eigenvalue weighted by molar-refractivity contribution is -0.142. The third kappa shape index (κ3) is 4.61. The zero-order chi connectivity index (χ0) is 19.3. The van der Waals surface area contributed by atoms with Crippen molar-refractivity contribution in [3.8, 4) is 0 Å². The SMILES string of the molecule is O=C(C1CC1)N1CCC(C(=O)N(Cc2ccccc2)Cc2ccccc2)CC1. The average Bonchev–Trinajstić information content (AvgIpc) is 3.59. The number of carbonyl (C=O) groups is 2. The van der Waals surface area contributed by atoms with Gasteiger partial charge in [-0.15, -0.1) is 0 Å². The van der Waals surface area contributed by atoms with E-state index in [9.17, 15) is 9.59 Å². The summed E-state index contributed by atoms with van der Waals surface area (Å²) < 4.78 is 0. The Hall–Kier alpha value is -2.62. The lowest BCUT2D eigenvalue weighted by atomic mass is 9.94. The summed E-state index contributed by atoms with van der Waals surface area (Å²) in [5.74, 6) is 0.790. The number of piperidine rings is 1. The maximum atomic E-state index is 13.4. The molecule has 0 radical (unpaired) electrons. The van der Waals surface area contributed by atoms with Crippen molar-refractivity contribution in [1.82, 2.24) is 9.80 Å². The summed E-state index contributed by atoms with van der Waals surface area (Å²) in [6.45, 7) is 2.68. The smallest absolute Gasteiger partial charge is 0.226 e. The fourth-order valence-corrected chi connectivity index (χ4v) is 4.01. The number of likely N-dealkylation sites (tertiary alicyclic amines) is 1. The highest BCUT2D eigenvalue weighted by Crippen LogP contribution is 2.32. The third-order valence-electron chi connectivity index (χ3n) is 5.83. The van der Waals surface area contributed by atoms with Crippen LogP contribution in [-0.4, -0.2) is 34.7 Å². The maximum absolute atomic E-state index is 13.4. The number of amides is 2. The normalized spacial score (nSPS) is 17.4. The molecule has 0 aromatic heterocycles. The Kier molecular flexibility index (Phi) is 5.75. The van der Waals surface area contributed by atoms with Gasteiger partial charge in [0.1, 0.15) is 0 Å². The lowest BCUT2D eigenvalue weighted by Gasteiger charge is -2.34. The molecule has 2 aromatic rings. The van der Waals surface area contributed by atoms with Crippen LogP contribution in [0.2, 0.25) is 0 Å². The molecular weight excluding hydrogens is 348 g/mol. The predicted molar refractivity (Wildman–Crippen MR) is 109 cm³/mol. The summed E-state index contributed by atoms with van der Waals surface area (Å²) in [5.41, 5.74) is 2.29. The molecule has 0 spiro atoms. The Morgan fingerprint density at radius 3 is 1.71 bits per heavy atom. The largest absolute Gasteiger partial charge is 0.342 e. The van der Waals surface area contributed by atoms with Crippen LogP contribution in [0.4, 0.5) is 0 Å². The first-order valence-corrected chi connectivity index (χ1v) is 10.4. The van der Waals surface area contributed by atoms with Crippen LogP contribution in [-0.2, 0) is 22.7 Å². The van der Waals surface area contributed by atoms with Crippen molar-refractivity contribution >= 4 is 11.8 Å². The quantitative estimate of drug-likeness (QED) is 0.768. The first-order valence-electron chi connectivity index (χ1n) is 10.4. The molecule has 0 bridgehead atoms. The van der Waals surface area contributed by atoms with Crippen LogP contribution in [0, 0.1) is 11.8 Å². The molecule has 4 heteroatoms. The number of hydrogen-bond donors (Lipinski definition) is 0. The highest BCUT2D eigenvalue weighted by Gasteiger charge is 2.36. The minimum atomic E-state index is 0.00989. The van der Waals surface area contributed by atoms with E-state index < -0.39 is 0 Å². The van der Waals surface area contributed by atoms with Crippen LogP contribution >= 0.6 is 0 Å². The molecule has 1 saturated carbocycles. The molecule has 146 valence electrons. The topological polar surface area (TPSA) is 40.6 Å². The van der Waals surface area contributed by atoms with Gasteiger partial charge in [-0.25, -0.2) is 0 Å². The summed E-state index contributed by atoms with van der Waals surface area (Å²) in [7, 11) is 0. The van der Waals surface area contributed by atoms with Crippen molar-refractivity contribution in [2.75, 3.05) is 13.1 Å². The third-order valence-corrected chi connectivity index (χ3v) is 5.83. The van der Waals surface area contributed by atoms with Crippen molar-refractivity contribution in [3.05, 3.63) is 71.8 Å². The monoisotopic (exact) mass is 376 g/mol. The van der Waals surface area contributed by atoms with Crippen molar-refractivity contribution in [2.24, 2.45) is 11.8 Å². The lowest BCUT2D eigenvalue weighted by Crippen LogP contribution is -2.44. The Morgan fingerprint density at radius 2 is 1.25 bits per heavy atom. The van der Waals surface area contributed by atoms with Crippen LogP contribution in [0.1, 0.15) is 36.8 Å². The molecule has 2 amide bonds. The number of rotatable bonds is 6. The van der Waals surface area contributed by atoms with E-state index in [1.54, 1.807) is 0 Å². The van der Waals surface area contributed by atoms with Crippen LogP contribution in [0.5, 0.6) is 0 Å². The van der Waals surface area contributed by atoms with Gasteiger partial charge in [0.25, 0.3) is 0 Å². The van der Waals surface area contributed by atoms with E-state index in [1.165, 1.54) is 0 Å². The van der Waals surface area contributed by atoms with Crippen LogP contribution < -0.4 is 0 Å². The molecule has 28 heavy (non-hydrogen) atoms. The number of nitrogens with zero attached hydrogens (tertiary/aromatic N) is 2. The number of carbonyl (C=O) groups excluding carboxylic acids is 2. The van der Waals surface area contributed by atoms with Gasteiger partial charge in [0.15, 0.2) is 0 Å². The minimum absolute atomic E-state index is 0.00989. The van der Waals surface area contributed by atoms with Gasteiger partial charge in [0.2, 0.25) is 11.8 Å². The standard InChI is InChI=1S/C24H28N2O2/c27-23(21-11-12-21)25-15-13-22(14-16-25)24(28)26(17-19-7-3-1-4-8-19)18-20-9-5-2-6-10-20/h1-10,21-22H,11-18H2. The van der Waals surface area contributed by atoms with Crippen LogP contribution in [0.15, 0.2) is 60.7 Å². The molecule has 1 saturated heterocycles. The van der Waals surface area contributed by atoms with Gasteiger partial charge in [0, 0.05) is 38.0 Å². The van der Waals surface area contributed by atoms with E-state index in [-0.39, 0.29) is 17.7 Å². The van der Waals surface area contributed by atoms with E-state index in [2.05, 4.69) is 24.3 Å². The summed E-state index contributed by atoms with van der Waals surface area (Å²) in [4.78, 5) is 29.6. The van der Waals surface area contributed by atoms with E-state index in [0.717, 1.165) is 49.9 Å². The van der Waals surface area contributed by atoms with E-state index >= 15 is 0 Å². The van der Waals surface area contributed by atoms with Gasteiger partial charge in [-0.05, 0) is 36.8 Å². The Labute approximate surface area is 167 Å². The summed E-state index contributed by atoms with van der Waals surface area (Å²) >= 11 is 0. The molecule has 2 aromatic carbocycles. The highest BCUT2D eigenvalue weighted by molar-refractivity contribution is 5.82. The Bertz CT molecular complexity index is 752. The second kappa shape index (κ2) is 8.59. The highest BCUT2D eigenvalue weighted by atomic mass is 16.2. The van der Waals surface area contributed by atoms with Crippen LogP contribution in [0.25, 0.3) is 0 Å². The van der Waals surface area contributed by atoms with Crippen LogP contribution in [0.3, 0.4) is 0 Å². The predicted octanol–water partition coefficient (Wildman–Crippen LogP) is 3.86. The summed E-state index contributed by atoms with van der Waals surface area (Å²) in [6, 6.07) is 20.4. The second-order valence-corrected chi connectivity index (χ2v) is 8.04. The molecule has 1 aliphatic heterocycles. The maximum Gasteiger partial charge on any atom is 0.226 e. The zero-order valence-corrected chi connectivity index (χ0v) is 16.3. The Morgan fingerprint density at radius 1 is 0.750 bits per heavy atom. The van der Waals surface area contributed by atoms with Gasteiger partial charge in [-0.3, -0.25) is 9.59 Å². The summed E-state index contributed by atoms with van der Waals surface area (Å²) in [6.07, 6.45) is 3.63. The minimum Gasteiger partial charge on any atom is -0.342 e. The van der Waals surface area contributed by atoms with Gasteiger partial charge in [-0.1, -0.05) is 60.7 Å². The molecule has 2 aliphatic rings. The summed E-state index contributed by atoms with van der Waals surface area (Å²) in [5, 5.41) is 0. The van der Waals surface area contributed by atoms with Gasteiger partial charge in [-0.2, -0.15) is 0 Å². The average molecular weight is 377 g/mol.